The number of aromatic nitrogens is 3. The van der Waals surface area contributed by atoms with E-state index in [0.717, 1.165) is 16.8 Å². The van der Waals surface area contributed by atoms with Gasteiger partial charge in [-0.3, -0.25) is 9.20 Å². The summed E-state index contributed by atoms with van der Waals surface area (Å²) in [5.74, 6) is 10.8. The van der Waals surface area contributed by atoms with Gasteiger partial charge >= 0.3 is 0 Å². The Balaban J connectivity index is 1.66. The second-order valence-electron chi connectivity index (χ2n) is 6.87. The van der Waals surface area contributed by atoms with E-state index in [9.17, 15) is 4.79 Å². The van der Waals surface area contributed by atoms with E-state index in [1.807, 2.05) is 24.3 Å². The molecule has 0 radical (unpaired) electrons. The standard InChI is InChI=1S/C22H19N9O/c1-30(17-8-2-14(10-23)3-9-17)22(32)18-13-31-19(11-27-20(31)12-26-18)15-4-6-16(7-5-15)21(28-24)29-25/h2-9,11-13H,24-25H2,1H3,(H,28,29). The maximum absolute atomic E-state index is 13.0. The summed E-state index contributed by atoms with van der Waals surface area (Å²) in [5, 5.41) is 12.6. The van der Waals surface area contributed by atoms with Crippen LogP contribution in [0.3, 0.4) is 0 Å². The lowest BCUT2D eigenvalue weighted by Crippen LogP contribution is -2.31. The molecule has 0 unspecified atom stereocenters. The molecule has 0 aliphatic heterocycles. The van der Waals surface area contributed by atoms with Gasteiger partial charge in [0.2, 0.25) is 0 Å². The number of nitrogens with two attached hydrogens (primary N) is 2. The summed E-state index contributed by atoms with van der Waals surface area (Å²) in [6.07, 6.45) is 4.92. The monoisotopic (exact) mass is 425 g/mol. The fourth-order valence-corrected chi connectivity index (χ4v) is 3.26. The average molecular weight is 425 g/mol. The minimum atomic E-state index is -0.288. The number of nitriles is 1. The molecule has 158 valence electrons. The minimum absolute atomic E-state index is 0.255. The van der Waals surface area contributed by atoms with E-state index in [1.54, 1.807) is 54.3 Å². The lowest BCUT2D eigenvalue weighted by atomic mass is 10.1. The van der Waals surface area contributed by atoms with Crippen LogP contribution in [0.4, 0.5) is 5.69 Å². The molecule has 4 rings (SSSR count). The van der Waals surface area contributed by atoms with Gasteiger partial charge in [0.05, 0.1) is 29.7 Å². The van der Waals surface area contributed by atoms with Crippen LogP contribution in [-0.2, 0) is 0 Å². The summed E-state index contributed by atoms with van der Waals surface area (Å²) in [6.45, 7) is 0. The maximum Gasteiger partial charge on any atom is 0.278 e. The average Bonchev–Trinajstić information content (AvgIpc) is 3.27. The Morgan fingerprint density at radius 1 is 1.12 bits per heavy atom. The van der Waals surface area contributed by atoms with Crippen LogP contribution in [0.2, 0.25) is 0 Å². The zero-order chi connectivity index (χ0) is 22.7. The Morgan fingerprint density at radius 3 is 2.47 bits per heavy atom. The normalized spacial score (nSPS) is 11.2. The molecular weight excluding hydrogens is 406 g/mol. The van der Waals surface area contributed by atoms with Gasteiger partial charge in [-0.2, -0.15) is 10.4 Å². The number of hydrazone groups is 1. The number of fused-ring (bicyclic) bond motifs is 1. The summed E-state index contributed by atoms with van der Waals surface area (Å²) >= 11 is 0. The molecule has 0 atom stereocenters. The van der Waals surface area contributed by atoms with Gasteiger partial charge in [0.1, 0.15) is 5.69 Å². The number of hydrogen-bond donors (Lipinski definition) is 3. The number of benzene rings is 2. The number of carbonyl (C=O) groups is 1. The lowest BCUT2D eigenvalue weighted by Gasteiger charge is -2.17. The van der Waals surface area contributed by atoms with Crippen LogP contribution in [0.15, 0.2) is 72.2 Å². The van der Waals surface area contributed by atoms with Crippen LogP contribution >= 0.6 is 0 Å². The highest BCUT2D eigenvalue weighted by atomic mass is 16.2. The third kappa shape index (κ3) is 3.71. The third-order valence-corrected chi connectivity index (χ3v) is 5.02. The topological polar surface area (TPSA) is 151 Å². The molecule has 2 heterocycles. The smallest absolute Gasteiger partial charge is 0.278 e. The van der Waals surface area contributed by atoms with Crippen LogP contribution in [-0.4, -0.2) is 33.2 Å². The van der Waals surface area contributed by atoms with Crippen LogP contribution in [0.5, 0.6) is 0 Å². The summed E-state index contributed by atoms with van der Waals surface area (Å²) < 4.78 is 1.81. The van der Waals surface area contributed by atoms with E-state index in [1.165, 1.54) is 4.90 Å². The number of amides is 1. The van der Waals surface area contributed by atoms with E-state index in [0.29, 0.717) is 22.7 Å². The predicted octanol–water partition coefficient (Wildman–Crippen LogP) is 1.63. The van der Waals surface area contributed by atoms with E-state index >= 15 is 0 Å². The number of nitrogens with one attached hydrogen (secondary N) is 1. The number of hydrogen-bond acceptors (Lipinski definition) is 7. The van der Waals surface area contributed by atoms with Crippen molar-refractivity contribution in [3.8, 4) is 17.3 Å². The number of nitrogens with zero attached hydrogens (tertiary/aromatic N) is 6. The van der Waals surface area contributed by atoms with Gasteiger partial charge in [-0.15, -0.1) is 0 Å². The first-order chi connectivity index (χ1) is 15.5. The van der Waals surface area contributed by atoms with Crippen molar-refractivity contribution < 1.29 is 4.79 Å². The number of hydrazine groups is 1. The van der Waals surface area contributed by atoms with Gasteiger partial charge in [-0.25, -0.2) is 15.8 Å². The number of imidazole rings is 1. The molecule has 0 saturated heterocycles. The summed E-state index contributed by atoms with van der Waals surface area (Å²) in [4.78, 5) is 23.2. The second kappa shape index (κ2) is 8.55. The molecule has 0 saturated carbocycles. The van der Waals surface area contributed by atoms with Crippen LogP contribution in [0.1, 0.15) is 21.6 Å². The lowest BCUT2D eigenvalue weighted by molar-refractivity contribution is 0.0988. The van der Waals surface area contributed by atoms with E-state index in [-0.39, 0.29) is 11.6 Å². The largest absolute Gasteiger partial charge is 0.321 e. The Morgan fingerprint density at radius 2 is 1.84 bits per heavy atom. The van der Waals surface area contributed by atoms with Crippen LogP contribution in [0.25, 0.3) is 16.9 Å². The number of rotatable bonds is 4. The van der Waals surface area contributed by atoms with Crippen molar-refractivity contribution in [3.05, 3.63) is 83.9 Å². The maximum atomic E-state index is 13.0. The van der Waals surface area contributed by atoms with Crippen molar-refractivity contribution in [2.75, 3.05) is 11.9 Å². The molecular formula is C22H19N9O. The van der Waals surface area contributed by atoms with E-state index in [2.05, 4.69) is 26.6 Å². The van der Waals surface area contributed by atoms with Crippen molar-refractivity contribution >= 4 is 23.1 Å². The first kappa shape index (κ1) is 20.5. The van der Waals surface area contributed by atoms with Gasteiger partial charge < -0.3 is 16.2 Å². The highest BCUT2D eigenvalue weighted by Gasteiger charge is 2.17. The van der Waals surface area contributed by atoms with E-state index in [4.69, 9.17) is 16.9 Å². The molecule has 32 heavy (non-hydrogen) atoms. The highest BCUT2D eigenvalue weighted by molar-refractivity contribution is 6.04. The minimum Gasteiger partial charge on any atom is -0.321 e. The quantitative estimate of drug-likeness (QED) is 0.194. The van der Waals surface area contributed by atoms with Crippen molar-refractivity contribution in [3.63, 3.8) is 0 Å². The Bertz CT molecular complexity index is 1350. The van der Waals surface area contributed by atoms with Crippen molar-refractivity contribution in [2.24, 2.45) is 16.8 Å². The fourth-order valence-electron chi connectivity index (χ4n) is 3.26. The summed E-state index contributed by atoms with van der Waals surface area (Å²) in [5.41, 5.74) is 6.88. The second-order valence-corrected chi connectivity index (χ2v) is 6.87. The fraction of sp³-hybridized carbons (Fsp3) is 0.0455. The molecule has 1 amide bonds. The van der Waals surface area contributed by atoms with Crippen LogP contribution < -0.4 is 22.0 Å². The first-order valence-corrected chi connectivity index (χ1v) is 9.52. The molecule has 0 spiro atoms. The molecule has 0 aliphatic rings. The number of anilines is 1. The molecule has 0 fully saturated rings. The molecule has 0 bridgehead atoms. The molecule has 5 N–H and O–H groups in total. The zero-order valence-electron chi connectivity index (χ0n) is 17.1. The van der Waals surface area contributed by atoms with Crippen molar-refractivity contribution in [1.82, 2.24) is 19.8 Å². The molecule has 4 aromatic rings. The number of carbonyl (C=O) groups excluding carboxylic acids is 1. The van der Waals surface area contributed by atoms with Crippen molar-refractivity contribution in [1.29, 1.82) is 5.26 Å². The predicted molar refractivity (Wildman–Crippen MR) is 120 cm³/mol. The van der Waals surface area contributed by atoms with E-state index < -0.39 is 0 Å². The summed E-state index contributed by atoms with van der Waals surface area (Å²) in [7, 11) is 1.66. The zero-order valence-corrected chi connectivity index (χ0v) is 17.1. The molecule has 2 aromatic heterocycles. The van der Waals surface area contributed by atoms with Crippen LogP contribution in [0, 0.1) is 11.3 Å². The van der Waals surface area contributed by atoms with Crippen molar-refractivity contribution in [2.45, 2.75) is 0 Å². The highest BCUT2D eigenvalue weighted by Crippen LogP contribution is 2.22. The Kier molecular flexibility index (Phi) is 5.48. The molecule has 10 heteroatoms. The van der Waals surface area contributed by atoms with Gasteiger partial charge in [0.15, 0.2) is 11.5 Å². The van der Waals surface area contributed by atoms with Gasteiger partial charge in [0.25, 0.3) is 5.91 Å². The SMILES string of the molecule is CN(C(=O)c1cn2c(-c3ccc(/C(=N/N)NN)cc3)cnc2cn1)c1ccc(C#N)cc1. The summed E-state index contributed by atoms with van der Waals surface area (Å²) in [6, 6.07) is 16.2. The Labute approximate surface area is 183 Å². The molecule has 10 nitrogen and oxygen atoms in total. The molecule has 0 aliphatic carbocycles. The number of amidine groups is 1. The van der Waals surface area contributed by atoms with Gasteiger partial charge in [-0.1, -0.05) is 24.3 Å². The Hall–Kier alpha value is -4.75. The molecule has 2 aromatic carbocycles. The van der Waals surface area contributed by atoms with Gasteiger partial charge in [0, 0.05) is 30.1 Å². The third-order valence-electron chi connectivity index (χ3n) is 5.02. The van der Waals surface area contributed by atoms with Gasteiger partial charge in [-0.05, 0) is 24.3 Å². The first-order valence-electron chi connectivity index (χ1n) is 9.52.